The molecule has 130 valence electrons. The number of fused-ring (bicyclic) bond motifs is 1. The fourth-order valence-electron chi connectivity index (χ4n) is 2.84. The van der Waals surface area contributed by atoms with Gasteiger partial charge in [-0.05, 0) is 42.2 Å². The van der Waals surface area contributed by atoms with E-state index >= 15 is 0 Å². The summed E-state index contributed by atoms with van der Waals surface area (Å²) in [7, 11) is 1.62. The zero-order valence-corrected chi connectivity index (χ0v) is 14.8. The van der Waals surface area contributed by atoms with Crippen LogP contribution in [0, 0.1) is 0 Å². The van der Waals surface area contributed by atoms with Gasteiger partial charge in [-0.15, -0.1) is 0 Å². The quantitative estimate of drug-likeness (QED) is 0.678. The molecule has 3 aromatic rings. The van der Waals surface area contributed by atoms with E-state index in [0.717, 1.165) is 34.4 Å². The Morgan fingerprint density at radius 1 is 1.20 bits per heavy atom. The van der Waals surface area contributed by atoms with Crippen LogP contribution in [0.2, 0.25) is 0 Å². The number of carbonyl (C=O) groups is 1. The molecule has 4 nitrogen and oxygen atoms in total. The lowest BCUT2D eigenvalue weighted by Crippen LogP contribution is -2.14. The van der Waals surface area contributed by atoms with E-state index in [1.807, 2.05) is 30.3 Å². The number of rotatable bonds is 6. The Kier molecular flexibility index (Phi) is 5.08. The van der Waals surface area contributed by atoms with Crippen molar-refractivity contribution >= 4 is 22.6 Å². The van der Waals surface area contributed by atoms with Crippen LogP contribution in [-0.2, 0) is 11.2 Å². The number of furan rings is 1. The summed E-state index contributed by atoms with van der Waals surface area (Å²) < 4.78 is 10.7. The molecule has 0 aliphatic rings. The van der Waals surface area contributed by atoms with Gasteiger partial charge in [-0.3, -0.25) is 4.79 Å². The molecule has 0 radical (unpaired) electrons. The molecule has 1 atom stereocenters. The molecule has 1 N–H and O–H groups in total. The van der Waals surface area contributed by atoms with Crippen molar-refractivity contribution in [2.24, 2.45) is 0 Å². The third kappa shape index (κ3) is 3.85. The van der Waals surface area contributed by atoms with Gasteiger partial charge < -0.3 is 14.5 Å². The molecule has 0 bridgehead atoms. The van der Waals surface area contributed by atoms with Crippen molar-refractivity contribution in [1.29, 1.82) is 0 Å². The molecule has 0 saturated carbocycles. The Balaban J connectivity index is 1.68. The molecule has 0 aliphatic carbocycles. The zero-order valence-electron chi connectivity index (χ0n) is 14.8. The molecule has 2 aromatic carbocycles. The number of benzene rings is 2. The van der Waals surface area contributed by atoms with Crippen LogP contribution in [-0.4, -0.2) is 13.0 Å². The predicted octanol–water partition coefficient (Wildman–Crippen LogP) is 5.14. The largest absolute Gasteiger partial charge is 0.497 e. The van der Waals surface area contributed by atoms with Gasteiger partial charge in [-0.25, -0.2) is 0 Å². The molecule has 0 unspecified atom stereocenters. The Morgan fingerprint density at radius 3 is 2.64 bits per heavy atom. The first-order chi connectivity index (χ1) is 12.1. The van der Waals surface area contributed by atoms with Crippen molar-refractivity contribution in [1.82, 2.24) is 0 Å². The Morgan fingerprint density at radius 2 is 1.96 bits per heavy atom. The molecule has 3 rings (SSSR count). The maximum absolute atomic E-state index is 12.3. The molecular formula is C21H23NO3. The van der Waals surface area contributed by atoms with Gasteiger partial charge in [0.2, 0.25) is 5.91 Å². The maximum Gasteiger partial charge on any atom is 0.228 e. The molecule has 25 heavy (non-hydrogen) atoms. The topological polar surface area (TPSA) is 51.5 Å². The van der Waals surface area contributed by atoms with Crippen molar-refractivity contribution < 1.29 is 13.9 Å². The average Bonchev–Trinajstić information content (AvgIpc) is 3.03. The van der Waals surface area contributed by atoms with Crippen LogP contribution >= 0.6 is 0 Å². The van der Waals surface area contributed by atoms with Gasteiger partial charge in [0.15, 0.2) is 0 Å². The minimum Gasteiger partial charge on any atom is -0.497 e. The lowest BCUT2D eigenvalue weighted by molar-refractivity contribution is -0.115. The summed E-state index contributed by atoms with van der Waals surface area (Å²) in [6.45, 7) is 4.37. The summed E-state index contributed by atoms with van der Waals surface area (Å²) in [5.41, 5.74) is 3.69. The standard InChI is InChI=1S/C21H23NO3/c1-4-14(2)15-5-7-17(8-6-15)22-21(23)11-16-13-25-20-12-18(24-3)9-10-19(16)20/h5-10,12-14H,4,11H2,1-3H3,(H,22,23)/t14-/m0/s1. The van der Waals surface area contributed by atoms with Crippen molar-refractivity contribution in [3.05, 3.63) is 59.9 Å². The fraction of sp³-hybridized carbons (Fsp3) is 0.286. The van der Waals surface area contributed by atoms with E-state index in [2.05, 4.69) is 31.3 Å². The molecule has 1 amide bonds. The van der Waals surface area contributed by atoms with Crippen LogP contribution in [0.15, 0.2) is 53.1 Å². The van der Waals surface area contributed by atoms with Crippen LogP contribution < -0.4 is 10.1 Å². The summed E-state index contributed by atoms with van der Waals surface area (Å²) in [5, 5.41) is 3.88. The molecule has 0 aliphatic heterocycles. The molecule has 0 spiro atoms. The molecule has 1 heterocycles. The average molecular weight is 337 g/mol. The van der Waals surface area contributed by atoms with Crippen LogP contribution in [0.25, 0.3) is 11.0 Å². The van der Waals surface area contributed by atoms with E-state index in [4.69, 9.17) is 9.15 Å². The lowest BCUT2D eigenvalue weighted by atomic mass is 9.98. The third-order valence-corrected chi connectivity index (χ3v) is 4.59. The van der Waals surface area contributed by atoms with E-state index < -0.39 is 0 Å². The monoisotopic (exact) mass is 337 g/mol. The minimum absolute atomic E-state index is 0.0604. The first-order valence-corrected chi connectivity index (χ1v) is 8.54. The first kappa shape index (κ1) is 17.1. The van der Waals surface area contributed by atoms with Gasteiger partial charge in [0.25, 0.3) is 0 Å². The minimum atomic E-state index is -0.0604. The summed E-state index contributed by atoms with van der Waals surface area (Å²) in [6, 6.07) is 13.7. The van der Waals surface area contributed by atoms with Crippen LogP contribution in [0.4, 0.5) is 5.69 Å². The van der Waals surface area contributed by atoms with Crippen molar-refractivity contribution in [2.45, 2.75) is 32.6 Å². The predicted molar refractivity (Wildman–Crippen MR) is 100 cm³/mol. The number of nitrogens with one attached hydrogen (secondary N) is 1. The summed E-state index contributed by atoms with van der Waals surface area (Å²) in [4.78, 5) is 12.3. The van der Waals surface area contributed by atoms with E-state index in [-0.39, 0.29) is 12.3 Å². The van der Waals surface area contributed by atoms with E-state index in [9.17, 15) is 4.79 Å². The SMILES string of the molecule is CC[C@H](C)c1ccc(NC(=O)Cc2coc3cc(OC)ccc23)cc1. The van der Waals surface area contributed by atoms with Gasteiger partial charge in [-0.1, -0.05) is 26.0 Å². The van der Waals surface area contributed by atoms with Crippen molar-refractivity contribution in [2.75, 3.05) is 12.4 Å². The molecule has 4 heteroatoms. The van der Waals surface area contributed by atoms with Crippen LogP contribution in [0.5, 0.6) is 5.75 Å². The highest BCUT2D eigenvalue weighted by Gasteiger charge is 2.12. The Hall–Kier alpha value is -2.75. The highest BCUT2D eigenvalue weighted by Crippen LogP contribution is 2.26. The number of carbonyl (C=O) groups excluding carboxylic acids is 1. The van der Waals surface area contributed by atoms with Gasteiger partial charge in [0.05, 0.1) is 19.8 Å². The number of methoxy groups -OCH3 is 1. The normalized spacial score (nSPS) is 12.1. The molecule has 1 aromatic heterocycles. The Labute approximate surface area is 147 Å². The second-order valence-corrected chi connectivity index (χ2v) is 6.28. The number of hydrogen-bond donors (Lipinski definition) is 1. The number of hydrogen-bond acceptors (Lipinski definition) is 3. The van der Waals surface area contributed by atoms with E-state index in [0.29, 0.717) is 5.92 Å². The van der Waals surface area contributed by atoms with E-state index in [1.54, 1.807) is 13.4 Å². The fourth-order valence-corrected chi connectivity index (χ4v) is 2.84. The van der Waals surface area contributed by atoms with Gasteiger partial charge in [0.1, 0.15) is 11.3 Å². The second-order valence-electron chi connectivity index (χ2n) is 6.28. The van der Waals surface area contributed by atoms with Gasteiger partial charge >= 0.3 is 0 Å². The number of amides is 1. The third-order valence-electron chi connectivity index (χ3n) is 4.59. The number of ether oxygens (including phenoxy) is 1. The molecule has 0 saturated heterocycles. The van der Waals surface area contributed by atoms with Crippen molar-refractivity contribution in [3.63, 3.8) is 0 Å². The van der Waals surface area contributed by atoms with Crippen LogP contribution in [0.3, 0.4) is 0 Å². The smallest absolute Gasteiger partial charge is 0.228 e. The van der Waals surface area contributed by atoms with Gasteiger partial charge in [0, 0.05) is 22.7 Å². The summed E-state index contributed by atoms with van der Waals surface area (Å²) >= 11 is 0. The maximum atomic E-state index is 12.3. The Bertz CT molecular complexity index is 864. The summed E-state index contributed by atoms with van der Waals surface area (Å²) in [5.74, 6) is 1.20. The molecular weight excluding hydrogens is 314 g/mol. The van der Waals surface area contributed by atoms with E-state index in [1.165, 1.54) is 5.56 Å². The zero-order chi connectivity index (χ0) is 17.8. The first-order valence-electron chi connectivity index (χ1n) is 8.54. The van der Waals surface area contributed by atoms with Crippen molar-refractivity contribution in [3.8, 4) is 5.75 Å². The summed E-state index contributed by atoms with van der Waals surface area (Å²) in [6.07, 6.45) is 3.01. The number of anilines is 1. The van der Waals surface area contributed by atoms with Crippen LogP contribution in [0.1, 0.15) is 37.3 Å². The lowest BCUT2D eigenvalue weighted by Gasteiger charge is -2.10. The molecule has 0 fully saturated rings. The highest BCUT2D eigenvalue weighted by atomic mass is 16.5. The van der Waals surface area contributed by atoms with Gasteiger partial charge in [-0.2, -0.15) is 0 Å². The highest BCUT2D eigenvalue weighted by molar-refractivity contribution is 5.95. The second kappa shape index (κ2) is 7.43.